The molecule has 2 fully saturated rings. The van der Waals surface area contributed by atoms with Crippen LogP contribution < -0.4 is 5.32 Å². The normalized spacial score (nSPS) is 31.1. The highest BCUT2D eigenvalue weighted by Crippen LogP contribution is 2.37. The number of aliphatic carboxylic acids is 1. The zero-order valence-electron chi connectivity index (χ0n) is 11.0. The van der Waals surface area contributed by atoms with Gasteiger partial charge in [-0.05, 0) is 24.9 Å². The molecule has 1 aromatic rings. The second kappa shape index (κ2) is 4.94. The Kier molecular flexibility index (Phi) is 3.29. The minimum Gasteiger partial charge on any atom is -0.481 e. The number of nitrogens with zero attached hydrogens (tertiary/aromatic N) is 1. The van der Waals surface area contributed by atoms with Crippen molar-refractivity contribution in [2.75, 3.05) is 19.6 Å². The summed E-state index contributed by atoms with van der Waals surface area (Å²) in [4.78, 5) is 13.9. The first-order chi connectivity index (χ1) is 9.18. The van der Waals surface area contributed by atoms with Gasteiger partial charge >= 0.3 is 5.97 Å². The summed E-state index contributed by atoms with van der Waals surface area (Å²) < 4.78 is 0. The van der Waals surface area contributed by atoms with Crippen LogP contribution in [0.15, 0.2) is 30.3 Å². The molecule has 2 bridgehead atoms. The maximum Gasteiger partial charge on any atom is 0.311 e. The Labute approximate surface area is 113 Å². The van der Waals surface area contributed by atoms with Crippen molar-refractivity contribution >= 4 is 5.97 Å². The van der Waals surface area contributed by atoms with E-state index < -0.39 is 11.4 Å². The van der Waals surface area contributed by atoms with Crippen LogP contribution in [0.2, 0.25) is 0 Å². The number of nitrogens with one attached hydrogen (secondary N) is 1. The van der Waals surface area contributed by atoms with Crippen LogP contribution in [0.4, 0.5) is 0 Å². The van der Waals surface area contributed by atoms with Gasteiger partial charge in [-0.25, -0.2) is 0 Å². The van der Waals surface area contributed by atoms with Gasteiger partial charge in [0, 0.05) is 25.7 Å². The van der Waals surface area contributed by atoms with Gasteiger partial charge in [-0.15, -0.1) is 0 Å². The molecule has 0 radical (unpaired) electrons. The molecular weight excluding hydrogens is 240 g/mol. The number of hydrogen-bond acceptors (Lipinski definition) is 3. The molecule has 102 valence electrons. The standard InChI is InChI=1S/C15H20N2O2/c18-14(19)15-6-7-16-13(8-15)10-17(11-15)9-12-4-2-1-3-5-12/h1-5,13,16H,6-11H2,(H,18,19). The topological polar surface area (TPSA) is 52.6 Å². The largest absolute Gasteiger partial charge is 0.481 e. The van der Waals surface area contributed by atoms with Crippen LogP contribution in [0.3, 0.4) is 0 Å². The summed E-state index contributed by atoms with van der Waals surface area (Å²) in [5.41, 5.74) is 0.714. The minimum absolute atomic E-state index is 0.322. The molecule has 3 rings (SSSR count). The van der Waals surface area contributed by atoms with Gasteiger partial charge in [0.1, 0.15) is 0 Å². The molecule has 2 saturated heterocycles. The molecule has 1 aromatic carbocycles. The molecule has 0 amide bonds. The van der Waals surface area contributed by atoms with E-state index in [4.69, 9.17) is 0 Å². The fourth-order valence-electron chi connectivity index (χ4n) is 3.46. The summed E-state index contributed by atoms with van der Waals surface area (Å²) >= 11 is 0. The summed E-state index contributed by atoms with van der Waals surface area (Å²) in [5, 5.41) is 13.0. The zero-order valence-corrected chi connectivity index (χ0v) is 11.0. The van der Waals surface area contributed by atoms with Crippen molar-refractivity contribution in [1.82, 2.24) is 10.2 Å². The maximum atomic E-state index is 11.6. The van der Waals surface area contributed by atoms with Crippen molar-refractivity contribution in [2.45, 2.75) is 25.4 Å². The summed E-state index contributed by atoms with van der Waals surface area (Å²) in [6, 6.07) is 10.6. The summed E-state index contributed by atoms with van der Waals surface area (Å²) in [6.45, 7) is 3.30. The first-order valence-electron chi connectivity index (χ1n) is 6.91. The Hall–Kier alpha value is -1.39. The molecule has 2 heterocycles. The minimum atomic E-state index is -0.628. The van der Waals surface area contributed by atoms with E-state index >= 15 is 0 Å². The second-order valence-corrected chi connectivity index (χ2v) is 5.85. The summed E-state index contributed by atoms with van der Waals surface area (Å²) in [7, 11) is 0. The Morgan fingerprint density at radius 2 is 2.21 bits per heavy atom. The fourth-order valence-corrected chi connectivity index (χ4v) is 3.46. The first kappa shape index (κ1) is 12.6. The van der Waals surface area contributed by atoms with Gasteiger partial charge in [0.25, 0.3) is 0 Å². The van der Waals surface area contributed by atoms with Crippen LogP contribution in [-0.4, -0.2) is 41.7 Å². The molecule has 2 atom stereocenters. The average molecular weight is 260 g/mol. The molecule has 4 heteroatoms. The molecule has 4 nitrogen and oxygen atoms in total. The van der Waals surface area contributed by atoms with Crippen molar-refractivity contribution in [3.63, 3.8) is 0 Å². The van der Waals surface area contributed by atoms with Crippen LogP contribution in [0, 0.1) is 5.41 Å². The fraction of sp³-hybridized carbons (Fsp3) is 0.533. The molecular formula is C15H20N2O2. The lowest BCUT2D eigenvalue weighted by atomic mass is 9.73. The van der Waals surface area contributed by atoms with Crippen molar-refractivity contribution in [2.24, 2.45) is 5.41 Å². The monoisotopic (exact) mass is 260 g/mol. The van der Waals surface area contributed by atoms with Gasteiger partial charge in [-0.1, -0.05) is 30.3 Å². The number of rotatable bonds is 3. The number of carbonyl (C=O) groups is 1. The lowest BCUT2D eigenvalue weighted by Crippen LogP contribution is -2.60. The quantitative estimate of drug-likeness (QED) is 0.861. The summed E-state index contributed by atoms with van der Waals surface area (Å²) in [5.74, 6) is -0.628. The number of carboxylic acid groups (broad SMARTS) is 1. The van der Waals surface area contributed by atoms with Crippen LogP contribution in [0.5, 0.6) is 0 Å². The van der Waals surface area contributed by atoms with Crippen molar-refractivity contribution < 1.29 is 9.90 Å². The van der Waals surface area contributed by atoms with Crippen LogP contribution >= 0.6 is 0 Å². The lowest BCUT2D eigenvalue weighted by Gasteiger charge is -2.47. The van der Waals surface area contributed by atoms with E-state index in [1.165, 1.54) is 5.56 Å². The van der Waals surface area contributed by atoms with E-state index in [0.29, 0.717) is 12.6 Å². The van der Waals surface area contributed by atoms with Crippen LogP contribution in [0.1, 0.15) is 18.4 Å². The highest BCUT2D eigenvalue weighted by Gasteiger charge is 2.47. The second-order valence-electron chi connectivity index (χ2n) is 5.85. The number of likely N-dealkylation sites (tertiary alicyclic amines) is 1. The third-order valence-corrected chi connectivity index (χ3v) is 4.38. The van der Waals surface area contributed by atoms with Gasteiger partial charge in [0.05, 0.1) is 5.41 Å². The zero-order chi connectivity index (χ0) is 13.3. The maximum absolute atomic E-state index is 11.6. The van der Waals surface area contributed by atoms with Gasteiger partial charge in [0.15, 0.2) is 0 Å². The Morgan fingerprint density at radius 3 is 2.95 bits per heavy atom. The highest BCUT2D eigenvalue weighted by molar-refractivity contribution is 5.75. The third-order valence-electron chi connectivity index (χ3n) is 4.38. The SMILES string of the molecule is O=C(O)C12CCNC(CN(Cc3ccccc3)C1)C2. The predicted molar refractivity (Wildman–Crippen MR) is 72.8 cm³/mol. The van der Waals surface area contributed by atoms with Crippen LogP contribution in [-0.2, 0) is 11.3 Å². The number of fused-ring (bicyclic) bond motifs is 2. The van der Waals surface area contributed by atoms with E-state index in [2.05, 4.69) is 22.3 Å². The summed E-state index contributed by atoms with van der Waals surface area (Å²) in [6.07, 6.45) is 1.51. The molecule has 0 saturated carbocycles. The van der Waals surface area contributed by atoms with Gasteiger partial charge in [-0.2, -0.15) is 0 Å². The van der Waals surface area contributed by atoms with Gasteiger partial charge < -0.3 is 10.4 Å². The molecule has 2 unspecified atom stereocenters. The molecule has 2 aliphatic heterocycles. The smallest absolute Gasteiger partial charge is 0.311 e. The Balaban J connectivity index is 1.75. The third kappa shape index (κ3) is 2.51. The van der Waals surface area contributed by atoms with E-state index in [-0.39, 0.29) is 0 Å². The number of piperidine rings is 2. The first-order valence-corrected chi connectivity index (χ1v) is 6.91. The molecule has 0 aliphatic carbocycles. The van der Waals surface area contributed by atoms with Crippen molar-refractivity contribution in [3.05, 3.63) is 35.9 Å². The predicted octanol–water partition coefficient (Wildman–Crippen LogP) is 1.33. The number of hydrogen-bond donors (Lipinski definition) is 2. The average Bonchev–Trinajstić information content (AvgIpc) is 2.39. The molecule has 19 heavy (non-hydrogen) atoms. The van der Waals surface area contributed by atoms with Crippen molar-refractivity contribution in [3.8, 4) is 0 Å². The highest BCUT2D eigenvalue weighted by atomic mass is 16.4. The van der Waals surface area contributed by atoms with Gasteiger partial charge in [0.2, 0.25) is 0 Å². The molecule has 2 N–H and O–H groups in total. The molecule has 2 aliphatic rings. The van der Waals surface area contributed by atoms with Gasteiger partial charge in [-0.3, -0.25) is 9.69 Å². The Morgan fingerprint density at radius 1 is 1.42 bits per heavy atom. The molecule has 0 aromatic heterocycles. The van der Waals surface area contributed by atoms with E-state index in [1.54, 1.807) is 0 Å². The molecule has 0 spiro atoms. The number of carboxylic acids is 1. The van der Waals surface area contributed by atoms with Crippen LogP contribution in [0.25, 0.3) is 0 Å². The van der Waals surface area contributed by atoms with E-state index in [0.717, 1.165) is 32.5 Å². The Bertz CT molecular complexity index is 462. The number of benzene rings is 1. The van der Waals surface area contributed by atoms with E-state index in [1.807, 2.05) is 18.2 Å². The van der Waals surface area contributed by atoms with E-state index in [9.17, 15) is 9.90 Å². The lowest BCUT2D eigenvalue weighted by molar-refractivity contribution is -0.156. The van der Waals surface area contributed by atoms with Crippen molar-refractivity contribution in [1.29, 1.82) is 0 Å².